The Kier molecular flexibility index (Phi) is 5.49. The van der Waals surface area contributed by atoms with Gasteiger partial charge in [-0.25, -0.2) is 4.99 Å². The zero-order chi connectivity index (χ0) is 19.1. The maximum Gasteiger partial charge on any atom is 0.459 e. The molecule has 24 heavy (non-hydrogen) atoms. The highest BCUT2D eigenvalue weighted by atomic mass is 32.2. The fourth-order valence-electron chi connectivity index (χ4n) is 1.77. The van der Waals surface area contributed by atoms with Crippen molar-refractivity contribution in [1.29, 1.82) is 0 Å². The first-order chi connectivity index (χ1) is 10.6. The lowest BCUT2D eigenvalue weighted by atomic mass is 10.1. The monoisotopic (exact) mass is 392 g/mol. The first-order valence-corrected chi connectivity index (χ1v) is 7.08. The van der Waals surface area contributed by atoms with Crippen LogP contribution in [-0.4, -0.2) is 46.7 Å². The number of alkyl halides is 10. The van der Waals surface area contributed by atoms with Crippen molar-refractivity contribution in [2.24, 2.45) is 4.99 Å². The van der Waals surface area contributed by atoms with E-state index in [1.54, 1.807) is 0 Å². The summed E-state index contributed by atoms with van der Waals surface area (Å²) in [6.45, 7) is 2.42. The van der Waals surface area contributed by atoms with Gasteiger partial charge in [-0.2, -0.15) is 43.9 Å². The molecule has 140 valence electrons. The van der Waals surface area contributed by atoms with Gasteiger partial charge in [-0.3, -0.25) is 0 Å². The Labute approximate surface area is 133 Å². The first kappa shape index (κ1) is 20.9. The van der Waals surface area contributed by atoms with Crippen LogP contribution in [0, 0.1) is 0 Å². The molecule has 0 radical (unpaired) electrons. The highest BCUT2D eigenvalue weighted by Gasteiger charge is 2.67. The van der Waals surface area contributed by atoms with Crippen LogP contribution in [0.2, 0.25) is 0 Å². The van der Waals surface area contributed by atoms with E-state index in [0.29, 0.717) is 0 Å². The summed E-state index contributed by atoms with van der Waals surface area (Å²) in [5.74, 6) is -6.19. The molecule has 0 aromatic heterocycles. The third kappa shape index (κ3) is 3.75. The van der Waals surface area contributed by atoms with Crippen LogP contribution in [-0.2, 0) is 0 Å². The normalized spacial score (nSPS) is 19.4. The van der Waals surface area contributed by atoms with Crippen molar-refractivity contribution in [1.82, 2.24) is 4.90 Å². The second-order valence-electron chi connectivity index (χ2n) is 4.48. The van der Waals surface area contributed by atoms with Gasteiger partial charge >= 0.3 is 23.5 Å². The minimum atomic E-state index is -6.52. The van der Waals surface area contributed by atoms with Crippen molar-refractivity contribution in [2.45, 2.75) is 37.4 Å². The van der Waals surface area contributed by atoms with E-state index >= 15 is 0 Å². The smallest absolute Gasteiger partial charge is 0.352 e. The Hall–Kier alpha value is -1.14. The minimum Gasteiger partial charge on any atom is -0.352 e. The molecular weight excluding hydrogens is 382 g/mol. The number of hydrogen-bond acceptors (Lipinski definition) is 3. The Balaban J connectivity index is 3.76. The molecule has 0 aliphatic carbocycles. The molecule has 0 saturated carbocycles. The number of hydrogen-bond donors (Lipinski definition) is 0. The number of aliphatic imine (C=N–C) groups is 1. The van der Waals surface area contributed by atoms with E-state index in [0.717, 1.165) is 4.90 Å². The molecule has 0 N–H and O–H groups in total. The largest absolute Gasteiger partial charge is 0.459 e. The maximum absolute atomic E-state index is 13.8. The molecule has 0 saturated heterocycles. The molecule has 0 amide bonds. The Bertz CT molecular complexity index is 542. The number of thioether (sulfide) groups is 1. The van der Waals surface area contributed by atoms with Crippen LogP contribution in [0.25, 0.3) is 0 Å². The summed E-state index contributed by atoms with van der Waals surface area (Å²) >= 11 is -0.825. The van der Waals surface area contributed by atoms with Crippen LogP contribution in [0.3, 0.4) is 0 Å². The second-order valence-corrected chi connectivity index (χ2v) is 5.56. The van der Waals surface area contributed by atoms with Gasteiger partial charge < -0.3 is 4.90 Å². The average molecular weight is 392 g/mol. The molecule has 0 bridgehead atoms. The van der Waals surface area contributed by atoms with E-state index in [4.69, 9.17) is 0 Å². The average Bonchev–Trinajstić information content (AvgIpc) is 2.35. The van der Waals surface area contributed by atoms with Gasteiger partial charge in [0, 0.05) is 13.1 Å². The van der Waals surface area contributed by atoms with Gasteiger partial charge in [0.05, 0.1) is 0 Å². The number of allylic oxidation sites excluding steroid dienone is 1. The standard InChI is InChI=1S/C11H10F10N2S/c1-3-23(4-2)7-22-6(8(12,13)11(19,20)21)5(9(14,15)16)10(17,18)24-7/h3-4H2,1-2H3. The van der Waals surface area contributed by atoms with Gasteiger partial charge in [0.2, 0.25) is 0 Å². The predicted molar refractivity (Wildman–Crippen MR) is 67.0 cm³/mol. The zero-order valence-corrected chi connectivity index (χ0v) is 12.8. The minimum absolute atomic E-state index is 0.134. The lowest BCUT2D eigenvalue weighted by molar-refractivity contribution is -0.266. The van der Waals surface area contributed by atoms with Crippen molar-refractivity contribution in [3.63, 3.8) is 0 Å². The van der Waals surface area contributed by atoms with Crippen LogP contribution >= 0.6 is 11.8 Å². The summed E-state index contributed by atoms with van der Waals surface area (Å²) < 4.78 is 130. The predicted octanol–water partition coefficient (Wildman–Crippen LogP) is 5.04. The lowest BCUT2D eigenvalue weighted by Crippen LogP contribution is -2.46. The number of nitrogens with zero attached hydrogens (tertiary/aromatic N) is 2. The van der Waals surface area contributed by atoms with Gasteiger partial charge in [-0.05, 0) is 25.6 Å². The Morgan fingerprint density at radius 2 is 1.42 bits per heavy atom. The number of amidine groups is 1. The van der Waals surface area contributed by atoms with E-state index in [1.165, 1.54) is 13.8 Å². The quantitative estimate of drug-likeness (QED) is 0.626. The molecule has 1 aliphatic rings. The van der Waals surface area contributed by atoms with Gasteiger partial charge in [-0.15, -0.1) is 0 Å². The lowest BCUT2D eigenvalue weighted by Gasteiger charge is -2.34. The van der Waals surface area contributed by atoms with Gasteiger partial charge in [0.15, 0.2) is 5.17 Å². The molecule has 2 nitrogen and oxygen atoms in total. The number of halogens is 10. The van der Waals surface area contributed by atoms with Crippen molar-refractivity contribution in [3.05, 3.63) is 11.3 Å². The summed E-state index contributed by atoms with van der Waals surface area (Å²) in [5, 5.41) is -6.10. The molecule has 0 spiro atoms. The molecule has 0 unspecified atom stereocenters. The third-order valence-electron chi connectivity index (χ3n) is 2.93. The van der Waals surface area contributed by atoms with Gasteiger partial charge in [0.1, 0.15) is 11.3 Å². The summed E-state index contributed by atoms with van der Waals surface area (Å²) in [5.41, 5.74) is -6.34. The van der Waals surface area contributed by atoms with Crippen LogP contribution in [0.1, 0.15) is 13.8 Å². The van der Waals surface area contributed by atoms with Gasteiger partial charge in [0.25, 0.3) is 0 Å². The molecular formula is C11H10F10N2S. The fourth-order valence-corrected chi connectivity index (χ4v) is 2.84. The molecule has 0 fully saturated rings. The van der Waals surface area contributed by atoms with Crippen molar-refractivity contribution < 1.29 is 43.9 Å². The third-order valence-corrected chi connectivity index (χ3v) is 3.92. The van der Waals surface area contributed by atoms with Crippen molar-refractivity contribution in [2.75, 3.05) is 13.1 Å². The van der Waals surface area contributed by atoms with E-state index < -0.39 is 51.7 Å². The summed E-state index contributed by atoms with van der Waals surface area (Å²) in [4.78, 5) is 3.47. The van der Waals surface area contributed by atoms with Crippen LogP contribution < -0.4 is 0 Å². The molecule has 0 atom stereocenters. The van der Waals surface area contributed by atoms with E-state index in [2.05, 4.69) is 4.99 Å². The topological polar surface area (TPSA) is 15.6 Å². The molecule has 13 heteroatoms. The highest BCUT2D eigenvalue weighted by molar-refractivity contribution is 8.14. The first-order valence-electron chi connectivity index (χ1n) is 6.27. The highest BCUT2D eigenvalue weighted by Crippen LogP contribution is 2.55. The molecule has 0 aromatic rings. The molecule has 0 aromatic carbocycles. The molecule has 1 aliphatic heterocycles. The summed E-state index contributed by atoms with van der Waals surface area (Å²) in [6.07, 6.45) is -12.6. The van der Waals surface area contributed by atoms with Crippen molar-refractivity contribution in [3.8, 4) is 0 Å². The zero-order valence-electron chi connectivity index (χ0n) is 12.0. The van der Waals surface area contributed by atoms with Crippen LogP contribution in [0.4, 0.5) is 43.9 Å². The Morgan fingerprint density at radius 3 is 1.75 bits per heavy atom. The summed E-state index contributed by atoms with van der Waals surface area (Å²) in [6, 6.07) is 0. The Morgan fingerprint density at radius 1 is 0.958 bits per heavy atom. The van der Waals surface area contributed by atoms with E-state index in [9.17, 15) is 43.9 Å². The van der Waals surface area contributed by atoms with Crippen LogP contribution in [0.5, 0.6) is 0 Å². The molecule has 1 heterocycles. The maximum atomic E-state index is 13.8. The molecule has 1 rings (SSSR count). The van der Waals surface area contributed by atoms with Gasteiger partial charge in [-0.1, -0.05) is 0 Å². The summed E-state index contributed by atoms with van der Waals surface area (Å²) in [7, 11) is 0. The number of rotatable bonds is 3. The second kappa shape index (κ2) is 6.30. The van der Waals surface area contributed by atoms with E-state index in [1.807, 2.05) is 0 Å². The SMILES string of the molecule is CCN(CC)C1=NC(C(F)(F)C(F)(F)F)=C(C(F)(F)F)C(F)(F)S1. The van der Waals surface area contributed by atoms with Crippen LogP contribution in [0.15, 0.2) is 16.3 Å². The van der Waals surface area contributed by atoms with Crippen molar-refractivity contribution >= 4 is 16.9 Å². The van der Waals surface area contributed by atoms with E-state index in [-0.39, 0.29) is 13.1 Å². The fraction of sp³-hybridized carbons (Fsp3) is 0.727.